The van der Waals surface area contributed by atoms with Gasteiger partial charge in [0.05, 0.1) is 0 Å². The van der Waals surface area contributed by atoms with Crippen LogP contribution in [-0.2, 0) is 18.2 Å². The average Bonchev–Trinajstić information content (AvgIpc) is 2.42. The van der Waals surface area contributed by atoms with E-state index in [1.807, 2.05) is 0 Å². The second-order valence-corrected chi connectivity index (χ2v) is 4.99. The maximum absolute atomic E-state index is 3.56. The van der Waals surface area contributed by atoms with Crippen molar-refractivity contribution in [1.29, 1.82) is 0 Å². The molecule has 2 rings (SSSR count). The molecule has 0 saturated heterocycles. The van der Waals surface area contributed by atoms with E-state index in [0.717, 1.165) is 5.33 Å². The first-order chi connectivity index (χ1) is 7.22. The third-order valence-electron chi connectivity index (χ3n) is 3.46. The first-order valence-corrected chi connectivity index (χ1v) is 6.69. The van der Waals surface area contributed by atoms with Gasteiger partial charge in [0.2, 0.25) is 0 Å². The predicted molar refractivity (Wildman–Crippen MR) is 68.7 cm³/mol. The van der Waals surface area contributed by atoms with Gasteiger partial charge >= 0.3 is 0 Å². The van der Waals surface area contributed by atoms with Crippen LogP contribution in [0.25, 0.3) is 0 Å². The van der Waals surface area contributed by atoms with E-state index in [-0.39, 0.29) is 0 Å². The van der Waals surface area contributed by atoms with Gasteiger partial charge in [-0.3, -0.25) is 0 Å². The predicted octanol–water partition coefficient (Wildman–Crippen LogP) is 2.92. The zero-order chi connectivity index (χ0) is 10.8. The minimum atomic E-state index is 0.974. The van der Waals surface area contributed by atoms with Crippen molar-refractivity contribution in [2.45, 2.75) is 25.1 Å². The number of benzene rings is 1. The molecule has 1 nitrogen and oxygen atoms in total. The largest absolute Gasteiger partial charge is 0.306 e. The minimum Gasteiger partial charge on any atom is -0.306 e. The Hall–Kier alpha value is -0.340. The SMILES string of the molecule is Cc1c(CBr)ccc2c1CCN(C)CC2. The highest BCUT2D eigenvalue weighted by atomic mass is 79.9. The summed E-state index contributed by atoms with van der Waals surface area (Å²) in [6, 6.07) is 4.59. The van der Waals surface area contributed by atoms with E-state index in [4.69, 9.17) is 0 Å². The maximum atomic E-state index is 3.56. The number of fused-ring (bicyclic) bond motifs is 1. The van der Waals surface area contributed by atoms with Crippen molar-refractivity contribution in [2.75, 3.05) is 20.1 Å². The van der Waals surface area contributed by atoms with Gasteiger partial charge in [-0.1, -0.05) is 28.1 Å². The zero-order valence-electron chi connectivity index (χ0n) is 9.52. The number of halogens is 1. The maximum Gasteiger partial charge on any atom is 0.0285 e. The number of hydrogen-bond donors (Lipinski definition) is 0. The Morgan fingerprint density at radius 1 is 1.27 bits per heavy atom. The van der Waals surface area contributed by atoms with Crippen LogP contribution in [0.2, 0.25) is 0 Å². The number of likely N-dealkylation sites (N-methyl/N-ethyl adjacent to an activating group) is 1. The molecule has 2 heteroatoms. The molecule has 0 N–H and O–H groups in total. The lowest BCUT2D eigenvalue weighted by molar-refractivity contribution is 0.352. The van der Waals surface area contributed by atoms with Crippen molar-refractivity contribution in [3.63, 3.8) is 0 Å². The zero-order valence-corrected chi connectivity index (χ0v) is 11.1. The molecule has 1 heterocycles. The second-order valence-electron chi connectivity index (χ2n) is 4.42. The van der Waals surface area contributed by atoms with Crippen molar-refractivity contribution < 1.29 is 0 Å². The lowest BCUT2D eigenvalue weighted by atomic mass is 9.94. The van der Waals surface area contributed by atoms with Crippen LogP contribution in [0.4, 0.5) is 0 Å². The molecule has 0 saturated carbocycles. The van der Waals surface area contributed by atoms with Gasteiger partial charge < -0.3 is 4.90 Å². The molecule has 1 aromatic rings. The van der Waals surface area contributed by atoms with Gasteiger partial charge in [-0.25, -0.2) is 0 Å². The van der Waals surface area contributed by atoms with Crippen LogP contribution in [0.1, 0.15) is 22.3 Å². The highest BCUT2D eigenvalue weighted by Crippen LogP contribution is 2.23. The summed E-state index contributed by atoms with van der Waals surface area (Å²) < 4.78 is 0. The van der Waals surface area contributed by atoms with Crippen LogP contribution < -0.4 is 0 Å². The first kappa shape index (κ1) is 11.2. The molecule has 0 spiro atoms. The summed E-state index contributed by atoms with van der Waals surface area (Å²) in [4.78, 5) is 2.42. The quantitative estimate of drug-likeness (QED) is 0.708. The van der Waals surface area contributed by atoms with Crippen LogP contribution in [0.5, 0.6) is 0 Å². The lowest BCUT2D eigenvalue weighted by Crippen LogP contribution is -2.20. The van der Waals surface area contributed by atoms with Crippen molar-refractivity contribution in [3.05, 3.63) is 34.4 Å². The average molecular weight is 268 g/mol. The molecule has 1 aliphatic rings. The standard InChI is InChI=1S/C13H18BrN/c1-10-12(9-14)4-3-11-5-7-15(2)8-6-13(10)11/h3-4H,5-9H2,1-2H3. The molecule has 0 bridgehead atoms. The molecule has 0 amide bonds. The summed E-state index contributed by atoms with van der Waals surface area (Å²) in [5.41, 5.74) is 6.09. The molecule has 82 valence electrons. The van der Waals surface area contributed by atoms with Gasteiger partial charge in [0.25, 0.3) is 0 Å². The fourth-order valence-electron chi connectivity index (χ4n) is 2.31. The monoisotopic (exact) mass is 267 g/mol. The Labute approximate surface area is 101 Å². The van der Waals surface area contributed by atoms with E-state index < -0.39 is 0 Å². The van der Waals surface area contributed by atoms with Crippen molar-refractivity contribution in [3.8, 4) is 0 Å². The normalized spacial score (nSPS) is 17.3. The number of nitrogens with zero attached hydrogens (tertiary/aromatic N) is 1. The Balaban J connectivity index is 2.39. The number of hydrogen-bond acceptors (Lipinski definition) is 1. The Morgan fingerprint density at radius 3 is 2.73 bits per heavy atom. The number of alkyl halides is 1. The van der Waals surface area contributed by atoms with Crippen molar-refractivity contribution in [2.24, 2.45) is 0 Å². The van der Waals surface area contributed by atoms with Crippen LogP contribution >= 0.6 is 15.9 Å². The highest BCUT2D eigenvalue weighted by molar-refractivity contribution is 9.08. The smallest absolute Gasteiger partial charge is 0.0285 e. The Morgan fingerprint density at radius 2 is 2.00 bits per heavy atom. The van der Waals surface area contributed by atoms with Gasteiger partial charge in [0.15, 0.2) is 0 Å². The molecule has 15 heavy (non-hydrogen) atoms. The van der Waals surface area contributed by atoms with E-state index in [2.05, 4.69) is 46.9 Å². The van der Waals surface area contributed by atoms with Gasteiger partial charge in [-0.05, 0) is 49.1 Å². The summed E-state index contributed by atoms with van der Waals surface area (Å²) in [6.45, 7) is 4.65. The molecule has 1 aliphatic heterocycles. The van der Waals surface area contributed by atoms with E-state index in [9.17, 15) is 0 Å². The van der Waals surface area contributed by atoms with Gasteiger partial charge in [-0.2, -0.15) is 0 Å². The highest BCUT2D eigenvalue weighted by Gasteiger charge is 2.14. The van der Waals surface area contributed by atoms with Crippen molar-refractivity contribution in [1.82, 2.24) is 4.90 Å². The van der Waals surface area contributed by atoms with E-state index in [1.165, 1.54) is 37.1 Å². The third-order valence-corrected chi connectivity index (χ3v) is 4.06. The first-order valence-electron chi connectivity index (χ1n) is 5.57. The fourth-order valence-corrected chi connectivity index (χ4v) is 2.92. The number of rotatable bonds is 1. The molecule has 0 aliphatic carbocycles. The molecule has 0 fully saturated rings. The molecule has 0 atom stereocenters. The summed E-state index contributed by atoms with van der Waals surface area (Å²) in [7, 11) is 2.21. The van der Waals surface area contributed by atoms with E-state index in [1.54, 1.807) is 11.1 Å². The van der Waals surface area contributed by atoms with Crippen LogP contribution in [-0.4, -0.2) is 25.0 Å². The van der Waals surface area contributed by atoms with Gasteiger partial charge in [0.1, 0.15) is 0 Å². The minimum absolute atomic E-state index is 0.974. The molecular formula is C13H18BrN. The second kappa shape index (κ2) is 4.67. The molecule has 0 radical (unpaired) electrons. The summed E-state index contributed by atoms with van der Waals surface area (Å²) in [5.74, 6) is 0. The fraction of sp³-hybridized carbons (Fsp3) is 0.538. The Kier molecular flexibility index (Phi) is 3.47. The molecular weight excluding hydrogens is 250 g/mol. The summed E-state index contributed by atoms with van der Waals surface area (Å²) >= 11 is 3.56. The van der Waals surface area contributed by atoms with E-state index >= 15 is 0 Å². The molecule has 0 unspecified atom stereocenters. The lowest BCUT2D eigenvalue weighted by Gasteiger charge is -2.12. The van der Waals surface area contributed by atoms with Crippen LogP contribution in [0.3, 0.4) is 0 Å². The van der Waals surface area contributed by atoms with Gasteiger partial charge in [0, 0.05) is 18.4 Å². The van der Waals surface area contributed by atoms with Gasteiger partial charge in [-0.15, -0.1) is 0 Å². The van der Waals surface area contributed by atoms with Crippen molar-refractivity contribution >= 4 is 15.9 Å². The topological polar surface area (TPSA) is 3.24 Å². The molecule has 1 aromatic carbocycles. The van der Waals surface area contributed by atoms with Crippen LogP contribution in [0.15, 0.2) is 12.1 Å². The Bertz CT molecular complexity index is 360. The third kappa shape index (κ3) is 2.26. The van der Waals surface area contributed by atoms with Crippen LogP contribution in [0, 0.1) is 6.92 Å². The summed E-state index contributed by atoms with van der Waals surface area (Å²) in [5, 5.41) is 0.974. The molecule has 0 aromatic heterocycles. The van der Waals surface area contributed by atoms with E-state index in [0.29, 0.717) is 0 Å². The summed E-state index contributed by atoms with van der Waals surface area (Å²) in [6.07, 6.45) is 2.41.